The maximum Gasteiger partial charge on any atom is 0.257 e. The van der Waals surface area contributed by atoms with Crippen LogP contribution in [0.3, 0.4) is 0 Å². The largest absolute Gasteiger partial charge is 0.379 e. The zero-order chi connectivity index (χ0) is 22.7. The number of aromatic nitrogens is 2. The average Bonchev–Trinajstić information content (AvgIpc) is 3.11. The maximum absolute atomic E-state index is 13.4. The van der Waals surface area contributed by atoms with Gasteiger partial charge in [0.15, 0.2) is 0 Å². The molecule has 0 spiro atoms. The van der Waals surface area contributed by atoms with Gasteiger partial charge in [-0.25, -0.2) is 9.99 Å². The maximum atomic E-state index is 13.4. The average molecular weight is 496 g/mol. The number of morpholine rings is 1. The van der Waals surface area contributed by atoms with Crippen LogP contribution < -0.4 is 5.43 Å². The summed E-state index contributed by atoms with van der Waals surface area (Å²) in [6.07, 6.45) is 1.96. The molecule has 1 amide bonds. The minimum absolute atomic E-state index is 0.0838. The van der Waals surface area contributed by atoms with Gasteiger partial charge >= 0.3 is 0 Å². The van der Waals surface area contributed by atoms with Crippen molar-refractivity contribution in [3.05, 3.63) is 62.9 Å². The molecule has 0 radical (unpaired) electrons. The molecule has 2 heterocycles. The van der Waals surface area contributed by atoms with Crippen molar-refractivity contribution >= 4 is 51.7 Å². The lowest BCUT2D eigenvalue weighted by atomic mass is 10.1. The standard InChI is InChI=1S/C23H25Cl3N4O2/c1-2-5-20(23(31)28-29-8-10-32-11-9-29)30-21-14-18(26)17(25)13-19(21)27-22(30)12-15-6-3-4-7-16(15)24/h3-4,6-7,13-14,20H,2,5,8-12H2,1H3,(H,28,31)/t20-/m1/s1. The highest BCUT2D eigenvalue weighted by Crippen LogP contribution is 2.33. The zero-order valence-corrected chi connectivity index (χ0v) is 20.1. The topological polar surface area (TPSA) is 59.4 Å². The van der Waals surface area contributed by atoms with E-state index in [2.05, 4.69) is 12.3 Å². The highest BCUT2D eigenvalue weighted by Gasteiger charge is 2.27. The summed E-state index contributed by atoms with van der Waals surface area (Å²) < 4.78 is 7.38. The number of carbonyl (C=O) groups is 1. The van der Waals surface area contributed by atoms with Crippen LogP contribution in [-0.2, 0) is 16.0 Å². The number of amides is 1. The summed E-state index contributed by atoms with van der Waals surface area (Å²) in [4.78, 5) is 18.3. The molecule has 2 aromatic carbocycles. The highest BCUT2D eigenvalue weighted by molar-refractivity contribution is 6.42. The van der Waals surface area contributed by atoms with E-state index in [1.165, 1.54) is 0 Å². The van der Waals surface area contributed by atoms with Crippen molar-refractivity contribution in [2.24, 2.45) is 0 Å². The normalized spacial score (nSPS) is 15.8. The molecule has 1 aliphatic heterocycles. The van der Waals surface area contributed by atoms with Crippen molar-refractivity contribution in [1.82, 2.24) is 20.0 Å². The van der Waals surface area contributed by atoms with Crippen LogP contribution in [0.2, 0.25) is 15.1 Å². The molecule has 4 rings (SSSR count). The Balaban J connectivity index is 1.78. The first-order chi connectivity index (χ1) is 15.5. The van der Waals surface area contributed by atoms with Gasteiger partial charge in [0.1, 0.15) is 11.9 Å². The van der Waals surface area contributed by atoms with Crippen molar-refractivity contribution in [1.29, 1.82) is 0 Å². The fourth-order valence-corrected chi connectivity index (χ4v) is 4.50. The number of hydrogen-bond acceptors (Lipinski definition) is 4. The molecule has 32 heavy (non-hydrogen) atoms. The van der Waals surface area contributed by atoms with Gasteiger partial charge in [0.2, 0.25) is 0 Å². The molecule has 0 bridgehead atoms. The fraction of sp³-hybridized carbons (Fsp3) is 0.391. The third kappa shape index (κ3) is 5.05. The van der Waals surface area contributed by atoms with Gasteiger partial charge in [-0.05, 0) is 30.2 Å². The van der Waals surface area contributed by atoms with Crippen LogP contribution in [0.1, 0.15) is 37.2 Å². The molecule has 3 aromatic rings. The van der Waals surface area contributed by atoms with Gasteiger partial charge in [-0.2, -0.15) is 0 Å². The van der Waals surface area contributed by atoms with Crippen LogP contribution in [0.4, 0.5) is 0 Å². The molecule has 170 valence electrons. The van der Waals surface area contributed by atoms with Crippen LogP contribution in [0.15, 0.2) is 36.4 Å². The Kier molecular flexibility index (Phi) is 7.59. The van der Waals surface area contributed by atoms with E-state index in [1.54, 1.807) is 12.1 Å². The number of hydrogen-bond donors (Lipinski definition) is 1. The number of nitrogens with one attached hydrogen (secondary N) is 1. The number of fused-ring (bicyclic) bond motifs is 1. The first-order valence-electron chi connectivity index (χ1n) is 10.7. The van der Waals surface area contributed by atoms with Crippen molar-refractivity contribution < 1.29 is 9.53 Å². The van der Waals surface area contributed by atoms with Gasteiger partial charge in [-0.1, -0.05) is 66.3 Å². The first-order valence-corrected chi connectivity index (χ1v) is 11.8. The van der Waals surface area contributed by atoms with Gasteiger partial charge in [0, 0.05) is 24.5 Å². The molecular weight excluding hydrogens is 471 g/mol. The Hall–Kier alpha value is -1.83. The summed E-state index contributed by atoms with van der Waals surface area (Å²) in [5.74, 6) is 0.654. The number of nitrogens with zero attached hydrogens (tertiary/aromatic N) is 3. The van der Waals surface area contributed by atoms with Crippen LogP contribution in [0.25, 0.3) is 11.0 Å². The number of halogens is 3. The molecule has 1 saturated heterocycles. The Labute approximate surface area is 202 Å². The molecule has 0 saturated carbocycles. The lowest BCUT2D eigenvalue weighted by Crippen LogP contribution is -2.50. The van der Waals surface area contributed by atoms with Crippen molar-refractivity contribution in [3.63, 3.8) is 0 Å². The summed E-state index contributed by atoms with van der Waals surface area (Å²) in [5.41, 5.74) is 5.47. The lowest BCUT2D eigenvalue weighted by Gasteiger charge is -2.30. The zero-order valence-electron chi connectivity index (χ0n) is 17.8. The third-order valence-electron chi connectivity index (χ3n) is 5.57. The quantitative estimate of drug-likeness (QED) is 0.484. The second kappa shape index (κ2) is 10.4. The second-order valence-electron chi connectivity index (χ2n) is 7.80. The van der Waals surface area contributed by atoms with E-state index in [9.17, 15) is 4.79 Å². The summed E-state index contributed by atoms with van der Waals surface area (Å²) >= 11 is 19.1. The van der Waals surface area contributed by atoms with Crippen molar-refractivity contribution in [3.8, 4) is 0 Å². The summed E-state index contributed by atoms with van der Waals surface area (Å²) in [5, 5.41) is 3.42. The SMILES string of the molecule is CCC[C@H](C(=O)NN1CCOCC1)n1c(Cc2ccccc2Cl)nc2cc(Cl)c(Cl)cc21. The Bertz CT molecular complexity index is 1110. The van der Waals surface area contributed by atoms with E-state index in [4.69, 9.17) is 44.5 Å². The van der Waals surface area contributed by atoms with Crippen LogP contribution in [0, 0.1) is 0 Å². The molecule has 1 aromatic heterocycles. The van der Waals surface area contributed by atoms with Gasteiger partial charge < -0.3 is 9.30 Å². The van der Waals surface area contributed by atoms with Crippen molar-refractivity contribution in [2.75, 3.05) is 26.3 Å². The lowest BCUT2D eigenvalue weighted by molar-refractivity contribution is -0.131. The van der Waals surface area contributed by atoms with Crippen LogP contribution in [0.5, 0.6) is 0 Å². The first kappa shape index (κ1) is 23.3. The van der Waals surface area contributed by atoms with E-state index < -0.39 is 6.04 Å². The Morgan fingerprint density at radius 3 is 2.56 bits per heavy atom. The predicted octanol–water partition coefficient (Wildman–Crippen LogP) is 5.29. The Morgan fingerprint density at radius 2 is 1.84 bits per heavy atom. The number of rotatable bonds is 7. The van der Waals surface area contributed by atoms with E-state index >= 15 is 0 Å². The van der Waals surface area contributed by atoms with E-state index in [-0.39, 0.29) is 5.91 Å². The summed E-state index contributed by atoms with van der Waals surface area (Å²) in [6, 6.07) is 10.7. The molecule has 1 N–H and O–H groups in total. The van der Waals surface area contributed by atoms with Crippen LogP contribution in [-0.4, -0.2) is 46.8 Å². The predicted molar refractivity (Wildman–Crippen MR) is 128 cm³/mol. The van der Waals surface area contributed by atoms with Crippen LogP contribution >= 0.6 is 34.8 Å². The third-order valence-corrected chi connectivity index (χ3v) is 6.66. The number of imidazole rings is 1. The van der Waals surface area contributed by atoms with Gasteiger partial charge in [0.05, 0.1) is 34.3 Å². The minimum Gasteiger partial charge on any atom is -0.379 e. The molecule has 9 heteroatoms. The van der Waals surface area contributed by atoms with E-state index in [0.717, 1.165) is 23.3 Å². The molecule has 6 nitrogen and oxygen atoms in total. The Morgan fingerprint density at radius 1 is 1.12 bits per heavy atom. The molecule has 1 atom stereocenters. The molecule has 0 unspecified atom stereocenters. The minimum atomic E-state index is -0.456. The molecular formula is C23H25Cl3N4O2. The number of hydrazine groups is 1. The van der Waals surface area contributed by atoms with Gasteiger partial charge in [-0.15, -0.1) is 0 Å². The number of ether oxygens (including phenoxy) is 1. The van der Waals surface area contributed by atoms with Gasteiger partial charge in [0.25, 0.3) is 5.91 Å². The number of carbonyl (C=O) groups excluding carboxylic acids is 1. The smallest absolute Gasteiger partial charge is 0.257 e. The fourth-order valence-electron chi connectivity index (χ4n) is 3.98. The second-order valence-corrected chi connectivity index (χ2v) is 9.02. The highest BCUT2D eigenvalue weighted by atomic mass is 35.5. The molecule has 0 aliphatic carbocycles. The summed E-state index contributed by atoms with van der Waals surface area (Å²) in [6.45, 7) is 4.56. The molecule has 1 fully saturated rings. The number of benzene rings is 2. The van der Waals surface area contributed by atoms with E-state index in [0.29, 0.717) is 59.7 Å². The van der Waals surface area contributed by atoms with E-state index in [1.807, 2.05) is 33.8 Å². The summed E-state index contributed by atoms with van der Waals surface area (Å²) in [7, 11) is 0. The molecule has 1 aliphatic rings. The van der Waals surface area contributed by atoms with Crippen molar-refractivity contribution in [2.45, 2.75) is 32.2 Å². The van der Waals surface area contributed by atoms with Gasteiger partial charge in [-0.3, -0.25) is 10.2 Å². The monoisotopic (exact) mass is 494 g/mol.